The second-order valence-corrected chi connectivity index (χ2v) is 5.80. The van der Waals surface area contributed by atoms with E-state index in [0.29, 0.717) is 12.4 Å². The molecule has 0 aromatic carbocycles. The molecule has 0 spiro atoms. The summed E-state index contributed by atoms with van der Waals surface area (Å²) >= 11 is 0. The van der Waals surface area contributed by atoms with Crippen LogP contribution >= 0.6 is 0 Å². The molecule has 0 unspecified atom stereocenters. The van der Waals surface area contributed by atoms with Crippen molar-refractivity contribution in [2.75, 3.05) is 0 Å². The molecule has 0 aliphatic heterocycles. The predicted molar refractivity (Wildman–Crippen MR) is 72.9 cm³/mol. The average Bonchev–Trinajstić information content (AvgIpc) is 2.31. The first kappa shape index (κ1) is 16.5. The van der Waals surface area contributed by atoms with Crippen molar-refractivity contribution in [2.24, 2.45) is 11.8 Å². The summed E-state index contributed by atoms with van der Waals surface area (Å²) in [5.41, 5.74) is -0.139. The van der Waals surface area contributed by atoms with Crippen LogP contribution < -0.4 is 0 Å². The van der Waals surface area contributed by atoms with Crippen molar-refractivity contribution in [3.8, 4) is 0 Å². The Morgan fingerprint density at radius 1 is 1.12 bits per heavy atom. The Hall–Kier alpha value is -0.530. The van der Waals surface area contributed by atoms with Crippen LogP contribution in [0.4, 0.5) is 0 Å². The highest BCUT2D eigenvalue weighted by molar-refractivity contribution is 5.38. The summed E-state index contributed by atoms with van der Waals surface area (Å²) in [5, 5.41) is 0. The molecule has 17 heavy (non-hydrogen) atoms. The lowest BCUT2D eigenvalue weighted by Crippen LogP contribution is -2.40. The molecule has 0 aromatic heterocycles. The van der Waals surface area contributed by atoms with Crippen LogP contribution in [0.3, 0.4) is 0 Å². The summed E-state index contributed by atoms with van der Waals surface area (Å²) in [5.74, 6) is 1.33. The lowest BCUT2D eigenvalue weighted by molar-refractivity contribution is -0.153. The monoisotopic (exact) mass is 242 g/mol. The molecule has 2 heteroatoms. The van der Waals surface area contributed by atoms with Gasteiger partial charge in [-0.1, -0.05) is 47.5 Å². The first-order valence-corrected chi connectivity index (χ1v) is 7.10. The van der Waals surface area contributed by atoms with Crippen LogP contribution in [-0.4, -0.2) is 12.1 Å². The summed E-state index contributed by atoms with van der Waals surface area (Å²) in [6.45, 7) is 11.5. The van der Waals surface area contributed by atoms with Crippen molar-refractivity contribution in [3.63, 3.8) is 0 Å². The third-order valence-electron chi connectivity index (χ3n) is 3.85. The van der Waals surface area contributed by atoms with Crippen LogP contribution in [0, 0.1) is 11.8 Å². The third-order valence-corrected chi connectivity index (χ3v) is 3.85. The van der Waals surface area contributed by atoms with Crippen LogP contribution in [0.1, 0.15) is 73.1 Å². The lowest BCUT2D eigenvalue weighted by Gasteiger charge is -2.38. The smallest absolute Gasteiger partial charge is 0.293 e. The summed E-state index contributed by atoms with van der Waals surface area (Å²) in [4.78, 5) is 10.4. The summed E-state index contributed by atoms with van der Waals surface area (Å²) in [6, 6.07) is 0. The second-order valence-electron chi connectivity index (χ2n) is 5.80. The summed E-state index contributed by atoms with van der Waals surface area (Å²) in [6.07, 6.45) is 7.08. The quantitative estimate of drug-likeness (QED) is 0.675. The van der Waals surface area contributed by atoms with Crippen LogP contribution in [0.25, 0.3) is 0 Å². The Bertz CT molecular complexity index is 191. The van der Waals surface area contributed by atoms with Crippen molar-refractivity contribution >= 4 is 6.47 Å². The minimum absolute atomic E-state index is 0.139. The van der Waals surface area contributed by atoms with Gasteiger partial charge in [-0.25, -0.2) is 0 Å². The fraction of sp³-hybridized carbons (Fsp3) is 0.933. The molecular formula is C15H30O2. The minimum atomic E-state index is -0.139. The number of carbonyl (C=O) groups excluding carboxylic acids is 1. The molecule has 1 aliphatic carbocycles. The molecule has 0 bridgehead atoms. The van der Waals surface area contributed by atoms with E-state index in [-0.39, 0.29) is 5.60 Å². The normalized spacial score (nSPS) is 18.5. The van der Waals surface area contributed by atoms with Crippen molar-refractivity contribution in [3.05, 3.63) is 0 Å². The van der Waals surface area contributed by atoms with E-state index in [1.165, 1.54) is 25.7 Å². The Labute approximate surface area is 107 Å². The molecule has 0 atom stereocenters. The highest BCUT2D eigenvalue weighted by atomic mass is 16.5. The number of hydrogen-bond acceptors (Lipinski definition) is 2. The van der Waals surface area contributed by atoms with Gasteiger partial charge in [0.25, 0.3) is 6.47 Å². The predicted octanol–water partition coefficient (Wildman–Crippen LogP) is 4.57. The second kappa shape index (κ2) is 8.54. The van der Waals surface area contributed by atoms with Crippen LogP contribution in [0.2, 0.25) is 0 Å². The van der Waals surface area contributed by atoms with Crippen molar-refractivity contribution in [2.45, 2.75) is 78.7 Å². The van der Waals surface area contributed by atoms with E-state index < -0.39 is 0 Å². The van der Waals surface area contributed by atoms with Gasteiger partial charge in [0.2, 0.25) is 0 Å². The standard InChI is InChI=1S/C10H18O2.C5H12/c1-9(2)10(12-8-11)6-4-3-5-7-10;1-4-5(2)3/h8-9H,3-7H2,1-2H3;5H,4H2,1-3H3. The van der Waals surface area contributed by atoms with E-state index in [0.717, 1.165) is 18.8 Å². The van der Waals surface area contributed by atoms with Crippen LogP contribution in [0.5, 0.6) is 0 Å². The van der Waals surface area contributed by atoms with Gasteiger partial charge in [-0.05, 0) is 37.5 Å². The van der Waals surface area contributed by atoms with Crippen molar-refractivity contribution in [1.82, 2.24) is 0 Å². The Kier molecular flexibility index (Phi) is 8.28. The summed E-state index contributed by atoms with van der Waals surface area (Å²) in [7, 11) is 0. The summed E-state index contributed by atoms with van der Waals surface area (Å²) < 4.78 is 5.25. The maximum Gasteiger partial charge on any atom is 0.293 e. The minimum Gasteiger partial charge on any atom is -0.461 e. The molecule has 1 rings (SSSR count). The molecule has 2 nitrogen and oxygen atoms in total. The molecule has 0 N–H and O–H groups in total. The molecule has 1 saturated carbocycles. The van der Waals surface area contributed by atoms with Gasteiger partial charge in [-0.2, -0.15) is 0 Å². The number of ether oxygens (including phenoxy) is 1. The van der Waals surface area contributed by atoms with Gasteiger partial charge in [-0.15, -0.1) is 0 Å². The molecule has 102 valence electrons. The highest BCUT2D eigenvalue weighted by Gasteiger charge is 2.36. The average molecular weight is 242 g/mol. The van der Waals surface area contributed by atoms with Crippen molar-refractivity contribution in [1.29, 1.82) is 0 Å². The van der Waals surface area contributed by atoms with E-state index in [1.54, 1.807) is 0 Å². The molecule has 0 saturated heterocycles. The number of rotatable bonds is 4. The number of hydrogen-bond donors (Lipinski definition) is 0. The molecule has 1 aliphatic rings. The maximum absolute atomic E-state index is 10.4. The van der Waals surface area contributed by atoms with E-state index in [1.807, 2.05) is 0 Å². The Morgan fingerprint density at radius 3 is 1.88 bits per heavy atom. The largest absolute Gasteiger partial charge is 0.461 e. The van der Waals surface area contributed by atoms with E-state index in [9.17, 15) is 4.79 Å². The van der Waals surface area contributed by atoms with Crippen LogP contribution in [0.15, 0.2) is 0 Å². The zero-order valence-electron chi connectivity index (χ0n) is 12.3. The molecule has 0 aromatic rings. The fourth-order valence-electron chi connectivity index (χ4n) is 2.08. The molecule has 0 radical (unpaired) electrons. The Balaban J connectivity index is 0.000000437. The molecule has 0 amide bonds. The van der Waals surface area contributed by atoms with Gasteiger partial charge in [0.05, 0.1) is 0 Å². The van der Waals surface area contributed by atoms with E-state index >= 15 is 0 Å². The van der Waals surface area contributed by atoms with E-state index in [4.69, 9.17) is 4.74 Å². The SMILES string of the molecule is CC(C)C1(OC=O)CCCCC1.CCC(C)C. The van der Waals surface area contributed by atoms with Gasteiger partial charge in [0.15, 0.2) is 0 Å². The molecule has 0 heterocycles. The first-order chi connectivity index (χ1) is 7.98. The van der Waals surface area contributed by atoms with Gasteiger partial charge < -0.3 is 4.74 Å². The highest BCUT2D eigenvalue weighted by Crippen LogP contribution is 2.36. The topological polar surface area (TPSA) is 26.3 Å². The first-order valence-electron chi connectivity index (χ1n) is 7.10. The molecule has 1 fully saturated rings. The Morgan fingerprint density at radius 2 is 1.59 bits per heavy atom. The third kappa shape index (κ3) is 6.09. The fourth-order valence-corrected chi connectivity index (χ4v) is 2.08. The van der Waals surface area contributed by atoms with Gasteiger partial charge in [0, 0.05) is 0 Å². The van der Waals surface area contributed by atoms with Gasteiger partial charge in [-0.3, -0.25) is 4.79 Å². The number of carbonyl (C=O) groups is 1. The van der Waals surface area contributed by atoms with Crippen LogP contribution in [-0.2, 0) is 9.53 Å². The van der Waals surface area contributed by atoms with E-state index in [2.05, 4.69) is 34.6 Å². The maximum atomic E-state index is 10.4. The zero-order chi connectivity index (χ0) is 13.3. The lowest BCUT2D eigenvalue weighted by atomic mass is 9.77. The van der Waals surface area contributed by atoms with Gasteiger partial charge in [0.1, 0.15) is 5.60 Å². The van der Waals surface area contributed by atoms with Crippen molar-refractivity contribution < 1.29 is 9.53 Å². The van der Waals surface area contributed by atoms with Gasteiger partial charge >= 0.3 is 0 Å². The zero-order valence-corrected chi connectivity index (χ0v) is 12.3. The molecular weight excluding hydrogens is 212 g/mol.